The van der Waals surface area contributed by atoms with Gasteiger partial charge in [-0.3, -0.25) is 0 Å². The van der Waals surface area contributed by atoms with Crippen molar-refractivity contribution in [2.24, 2.45) is 12.8 Å². The topological polar surface area (TPSA) is 69.3 Å². The second kappa shape index (κ2) is 6.62. The predicted octanol–water partition coefficient (Wildman–Crippen LogP) is 2.88. The highest BCUT2D eigenvalue weighted by molar-refractivity contribution is 5.85. The number of nitrogens with two attached hydrogens (primary N) is 1. The summed E-state index contributed by atoms with van der Waals surface area (Å²) in [5, 5.41) is 3.96. The summed E-state index contributed by atoms with van der Waals surface area (Å²) < 4.78 is 7.41. The second-order valence-corrected chi connectivity index (χ2v) is 6.99. The molecule has 1 atom stereocenters. The smallest absolute Gasteiger partial charge is 0.407 e. The van der Waals surface area contributed by atoms with Crippen LogP contribution >= 0.6 is 0 Å². The van der Waals surface area contributed by atoms with Crippen molar-refractivity contribution in [1.82, 2.24) is 9.88 Å². The molecule has 0 spiro atoms. The number of benzene rings is 1. The zero-order chi connectivity index (χ0) is 17.2. The molecule has 2 rings (SSSR count). The second-order valence-electron chi connectivity index (χ2n) is 6.99. The van der Waals surface area contributed by atoms with Gasteiger partial charge in [0.15, 0.2) is 0 Å². The van der Waals surface area contributed by atoms with E-state index in [1.807, 2.05) is 32.9 Å². The van der Waals surface area contributed by atoms with E-state index in [4.69, 9.17) is 10.5 Å². The van der Waals surface area contributed by atoms with Gasteiger partial charge in [0.1, 0.15) is 5.60 Å². The first-order valence-electron chi connectivity index (χ1n) is 7.94. The molecule has 2 aromatic rings. The Morgan fingerprint density at radius 3 is 2.65 bits per heavy atom. The maximum Gasteiger partial charge on any atom is 0.407 e. The van der Waals surface area contributed by atoms with Gasteiger partial charge >= 0.3 is 6.09 Å². The van der Waals surface area contributed by atoms with Crippen LogP contribution < -0.4 is 11.1 Å². The minimum atomic E-state index is -0.500. The molecule has 0 aliphatic heterocycles. The average molecular weight is 317 g/mol. The van der Waals surface area contributed by atoms with E-state index < -0.39 is 11.7 Å². The molecule has 3 N–H and O–H groups in total. The van der Waals surface area contributed by atoms with Crippen molar-refractivity contribution in [3.8, 4) is 0 Å². The Kier molecular flexibility index (Phi) is 5.00. The number of hydrogen-bond donors (Lipinski definition) is 2. The zero-order valence-electron chi connectivity index (χ0n) is 14.6. The number of alkyl carbamates (subject to hydrolysis) is 1. The molecule has 1 amide bonds. The third kappa shape index (κ3) is 4.26. The van der Waals surface area contributed by atoms with Crippen molar-refractivity contribution in [3.63, 3.8) is 0 Å². The fourth-order valence-electron chi connectivity index (χ4n) is 2.72. The summed E-state index contributed by atoms with van der Waals surface area (Å²) in [6, 6.07) is 8.14. The summed E-state index contributed by atoms with van der Waals surface area (Å²) in [5.41, 5.74) is 9.35. The third-order valence-corrected chi connectivity index (χ3v) is 3.90. The van der Waals surface area contributed by atoms with Gasteiger partial charge in [-0.2, -0.15) is 0 Å². The number of aromatic nitrogens is 1. The van der Waals surface area contributed by atoms with Gasteiger partial charge in [0.2, 0.25) is 0 Å². The van der Waals surface area contributed by atoms with Crippen LogP contribution in [0, 0.1) is 6.92 Å². The third-order valence-electron chi connectivity index (χ3n) is 3.90. The summed E-state index contributed by atoms with van der Waals surface area (Å²) in [7, 11) is 2.06. The fraction of sp³-hybridized carbons (Fsp3) is 0.500. The van der Waals surface area contributed by atoms with E-state index in [1.54, 1.807) is 0 Å². The number of ether oxygens (including phenoxy) is 1. The van der Waals surface area contributed by atoms with Gasteiger partial charge in [-0.15, -0.1) is 0 Å². The summed E-state index contributed by atoms with van der Waals surface area (Å²) in [6.45, 7) is 8.00. The Morgan fingerprint density at radius 2 is 2.00 bits per heavy atom. The molecule has 23 heavy (non-hydrogen) atoms. The van der Waals surface area contributed by atoms with Crippen molar-refractivity contribution in [1.29, 1.82) is 0 Å². The number of nitrogens with zero attached hydrogens (tertiary/aromatic N) is 1. The summed E-state index contributed by atoms with van der Waals surface area (Å²) in [6.07, 6.45) is 0.283. The molecule has 5 nitrogen and oxygen atoms in total. The molecule has 0 aliphatic carbocycles. The largest absolute Gasteiger partial charge is 0.444 e. The van der Waals surface area contributed by atoms with Gasteiger partial charge in [0, 0.05) is 36.2 Å². The van der Waals surface area contributed by atoms with Crippen molar-refractivity contribution in [2.75, 3.05) is 6.54 Å². The van der Waals surface area contributed by atoms with Gasteiger partial charge in [-0.05, 0) is 45.7 Å². The Hall–Kier alpha value is -2.01. The number of aryl methyl sites for hydroxylation is 1. The Balaban J connectivity index is 2.03. The van der Waals surface area contributed by atoms with E-state index in [-0.39, 0.29) is 6.04 Å². The van der Waals surface area contributed by atoms with Crippen LogP contribution in [0.3, 0.4) is 0 Å². The molecule has 0 bridgehead atoms. The molecule has 1 unspecified atom stereocenters. The highest BCUT2D eigenvalue weighted by Crippen LogP contribution is 2.25. The van der Waals surface area contributed by atoms with E-state index in [1.165, 1.54) is 22.2 Å². The monoisotopic (exact) mass is 317 g/mol. The number of hydrogen-bond acceptors (Lipinski definition) is 3. The minimum Gasteiger partial charge on any atom is -0.444 e. The van der Waals surface area contributed by atoms with E-state index in [0.29, 0.717) is 13.0 Å². The summed E-state index contributed by atoms with van der Waals surface area (Å²) >= 11 is 0. The van der Waals surface area contributed by atoms with Crippen LogP contribution in [-0.2, 0) is 18.2 Å². The van der Waals surface area contributed by atoms with Crippen LogP contribution in [0.25, 0.3) is 10.9 Å². The van der Waals surface area contributed by atoms with Gasteiger partial charge < -0.3 is 20.4 Å². The molecular weight excluding hydrogens is 290 g/mol. The molecule has 0 fully saturated rings. The molecular formula is C18H27N3O2. The van der Waals surface area contributed by atoms with E-state index in [0.717, 1.165) is 0 Å². The van der Waals surface area contributed by atoms with Gasteiger partial charge in [0.05, 0.1) is 0 Å². The van der Waals surface area contributed by atoms with Crippen LogP contribution in [0.2, 0.25) is 0 Å². The standard InChI is InChI=1S/C18H27N3O2/c1-12-15(14-8-6-7-9-16(14)21(12)5)10-13(19)11-20-17(22)23-18(2,3)4/h6-9,13H,10-11,19H2,1-5H3,(H,20,22). The molecule has 1 heterocycles. The predicted molar refractivity (Wildman–Crippen MR) is 93.6 cm³/mol. The number of fused-ring (bicyclic) bond motifs is 1. The lowest BCUT2D eigenvalue weighted by atomic mass is 10.0. The van der Waals surface area contributed by atoms with E-state index >= 15 is 0 Å². The molecule has 1 aromatic heterocycles. The van der Waals surface area contributed by atoms with Crippen molar-refractivity contribution >= 4 is 17.0 Å². The van der Waals surface area contributed by atoms with Crippen LogP contribution in [0.4, 0.5) is 4.79 Å². The van der Waals surface area contributed by atoms with E-state index in [9.17, 15) is 4.79 Å². The number of carbonyl (C=O) groups excluding carboxylic acids is 1. The number of nitrogens with one attached hydrogen (secondary N) is 1. The highest BCUT2D eigenvalue weighted by Gasteiger charge is 2.18. The quantitative estimate of drug-likeness (QED) is 0.911. The van der Waals surface area contributed by atoms with Crippen LogP contribution in [0.5, 0.6) is 0 Å². The normalized spacial score (nSPS) is 13.1. The lowest BCUT2D eigenvalue weighted by molar-refractivity contribution is 0.0524. The van der Waals surface area contributed by atoms with E-state index in [2.05, 4.69) is 36.0 Å². The van der Waals surface area contributed by atoms with Gasteiger partial charge in [-0.1, -0.05) is 18.2 Å². The first kappa shape index (κ1) is 17.3. The fourth-order valence-corrected chi connectivity index (χ4v) is 2.72. The Bertz CT molecular complexity index is 698. The first-order valence-corrected chi connectivity index (χ1v) is 7.94. The summed E-state index contributed by atoms with van der Waals surface area (Å²) in [5.74, 6) is 0. The van der Waals surface area contributed by atoms with Crippen LogP contribution in [0.15, 0.2) is 24.3 Å². The van der Waals surface area contributed by atoms with Gasteiger partial charge in [0.25, 0.3) is 0 Å². The molecule has 0 aliphatic rings. The maximum atomic E-state index is 11.7. The van der Waals surface area contributed by atoms with Crippen molar-refractivity contribution in [3.05, 3.63) is 35.5 Å². The average Bonchev–Trinajstić information content (AvgIpc) is 2.69. The Labute approximate surface area is 137 Å². The molecule has 0 saturated carbocycles. The summed E-state index contributed by atoms with van der Waals surface area (Å²) in [4.78, 5) is 11.7. The van der Waals surface area contributed by atoms with Crippen LogP contribution in [-0.4, -0.2) is 28.8 Å². The molecule has 126 valence electrons. The lowest BCUT2D eigenvalue weighted by Crippen LogP contribution is -2.41. The number of carbonyl (C=O) groups is 1. The number of rotatable bonds is 4. The number of amides is 1. The maximum absolute atomic E-state index is 11.7. The van der Waals surface area contributed by atoms with Crippen LogP contribution in [0.1, 0.15) is 32.0 Å². The lowest BCUT2D eigenvalue weighted by Gasteiger charge is -2.21. The molecule has 0 radical (unpaired) electrons. The molecule has 1 aromatic carbocycles. The first-order chi connectivity index (χ1) is 10.7. The highest BCUT2D eigenvalue weighted by atomic mass is 16.6. The van der Waals surface area contributed by atoms with Gasteiger partial charge in [-0.25, -0.2) is 4.79 Å². The van der Waals surface area contributed by atoms with Crippen molar-refractivity contribution in [2.45, 2.75) is 45.8 Å². The molecule has 5 heteroatoms. The minimum absolute atomic E-state index is 0.160. The Morgan fingerprint density at radius 1 is 1.35 bits per heavy atom. The number of para-hydroxylation sites is 1. The molecule has 0 saturated heterocycles. The zero-order valence-corrected chi connectivity index (χ0v) is 14.6. The SMILES string of the molecule is Cc1c(CC(N)CNC(=O)OC(C)(C)C)c2ccccc2n1C. The van der Waals surface area contributed by atoms with Crippen molar-refractivity contribution < 1.29 is 9.53 Å².